The number of aromatic carboxylic acids is 1. The van der Waals surface area contributed by atoms with Crippen LogP contribution in [0, 0.1) is 12.8 Å². The van der Waals surface area contributed by atoms with Gasteiger partial charge in [0, 0.05) is 42.6 Å². The third-order valence-electron chi connectivity index (χ3n) is 6.63. The second kappa shape index (κ2) is 7.75. The zero-order valence-corrected chi connectivity index (χ0v) is 18.9. The van der Waals surface area contributed by atoms with E-state index < -0.39 is 5.97 Å². The van der Waals surface area contributed by atoms with Crippen LogP contribution in [0.2, 0.25) is 0 Å². The molecule has 2 aliphatic rings. The number of H-pyrrole nitrogens is 1. The Morgan fingerprint density at radius 1 is 1.09 bits per heavy atom. The van der Waals surface area contributed by atoms with Gasteiger partial charge in [0.2, 0.25) is 0 Å². The van der Waals surface area contributed by atoms with Crippen LogP contribution in [0.5, 0.6) is 0 Å². The number of fused-ring (bicyclic) bond motifs is 3. The molecule has 1 aromatic carbocycles. The molecule has 9 nitrogen and oxygen atoms in total. The van der Waals surface area contributed by atoms with Crippen molar-refractivity contribution in [3.8, 4) is 0 Å². The van der Waals surface area contributed by atoms with E-state index >= 15 is 0 Å². The van der Waals surface area contributed by atoms with Crippen molar-refractivity contribution >= 4 is 28.7 Å². The average molecular weight is 450 g/mol. The van der Waals surface area contributed by atoms with Crippen LogP contribution in [-0.2, 0) is 0 Å². The van der Waals surface area contributed by atoms with E-state index in [1.807, 2.05) is 49.9 Å². The van der Waals surface area contributed by atoms with Gasteiger partial charge in [-0.3, -0.25) is 14.3 Å². The second-order valence-corrected chi connectivity index (χ2v) is 9.46. The first-order valence-electron chi connectivity index (χ1n) is 11.2. The van der Waals surface area contributed by atoms with E-state index in [4.69, 9.17) is 0 Å². The van der Waals surface area contributed by atoms with Gasteiger partial charge >= 0.3 is 5.97 Å². The summed E-state index contributed by atoms with van der Waals surface area (Å²) < 4.78 is 1.37. The first-order chi connectivity index (χ1) is 15.7. The van der Waals surface area contributed by atoms with Crippen LogP contribution in [-0.4, -0.2) is 73.1 Å². The molecule has 2 fully saturated rings. The van der Waals surface area contributed by atoms with Crippen molar-refractivity contribution in [1.82, 2.24) is 24.6 Å². The molecule has 2 aromatic heterocycles. The molecule has 2 atom stereocenters. The number of nitrogens with zero attached hydrogens (tertiary/aromatic N) is 4. The third kappa shape index (κ3) is 3.67. The molecule has 0 aliphatic carbocycles. The number of carboxylic acid groups (broad SMARTS) is 1. The minimum absolute atomic E-state index is 0.00127. The molecular weight excluding hydrogens is 422 g/mol. The van der Waals surface area contributed by atoms with Crippen LogP contribution in [0.4, 0.5) is 0 Å². The van der Waals surface area contributed by atoms with E-state index in [-0.39, 0.29) is 41.2 Å². The Kier molecular flexibility index (Phi) is 4.99. The fourth-order valence-electron chi connectivity index (χ4n) is 5.11. The molecule has 172 valence electrons. The number of carbonyl (C=O) groups excluding carboxylic acids is 2. The lowest BCUT2D eigenvalue weighted by Gasteiger charge is -2.32. The predicted molar refractivity (Wildman–Crippen MR) is 121 cm³/mol. The molecular formula is C24H27N5O4. The largest absolute Gasteiger partial charge is 0.477 e. The molecule has 4 heterocycles. The summed E-state index contributed by atoms with van der Waals surface area (Å²) in [6.07, 6.45) is 0.831. The summed E-state index contributed by atoms with van der Waals surface area (Å²) in [5.41, 5.74) is 2.75. The topological polar surface area (TPSA) is 112 Å². The number of piperidine rings is 1. The summed E-state index contributed by atoms with van der Waals surface area (Å²) in [7, 11) is 0. The highest BCUT2D eigenvalue weighted by Crippen LogP contribution is 2.32. The highest BCUT2D eigenvalue weighted by Gasteiger charge is 2.43. The number of hydrogen-bond donors (Lipinski definition) is 2. The first kappa shape index (κ1) is 21.2. The molecule has 5 rings (SSSR count). The lowest BCUT2D eigenvalue weighted by molar-refractivity contribution is 0.0613. The summed E-state index contributed by atoms with van der Waals surface area (Å²) in [6.45, 7) is 7.25. The van der Waals surface area contributed by atoms with Gasteiger partial charge in [-0.1, -0.05) is 11.6 Å². The van der Waals surface area contributed by atoms with E-state index in [0.717, 1.165) is 22.9 Å². The molecule has 2 amide bonds. The number of amides is 2. The summed E-state index contributed by atoms with van der Waals surface area (Å²) >= 11 is 0. The molecule has 0 radical (unpaired) electrons. The summed E-state index contributed by atoms with van der Waals surface area (Å²) in [5, 5.41) is 14.8. The van der Waals surface area contributed by atoms with Crippen molar-refractivity contribution in [3.63, 3.8) is 0 Å². The summed E-state index contributed by atoms with van der Waals surface area (Å²) in [4.78, 5) is 44.8. The van der Waals surface area contributed by atoms with Gasteiger partial charge in [0.05, 0.1) is 6.04 Å². The lowest BCUT2D eigenvalue weighted by Crippen LogP contribution is -2.46. The number of likely N-dealkylation sites (tertiary alicyclic amines) is 2. The number of nitrogens with one attached hydrogen (secondary N) is 1. The van der Waals surface area contributed by atoms with Crippen molar-refractivity contribution in [2.45, 2.75) is 39.3 Å². The van der Waals surface area contributed by atoms with Gasteiger partial charge in [0.1, 0.15) is 11.4 Å². The van der Waals surface area contributed by atoms with Crippen LogP contribution < -0.4 is 0 Å². The van der Waals surface area contributed by atoms with Crippen molar-refractivity contribution in [3.05, 3.63) is 53.0 Å². The van der Waals surface area contributed by atoms with Gasteiger partial charge in [-0.05, 0) is 51.3 Å². The second-order valence-electron chi connectivity index (χ2n) is 9.46. The zero-order chi connectivity index (χ0) is 23.4. The predicted octanol–water partition coefficient (Wildman–Crippen LogP) is 2.94. The maximum Gasteiger partial charge on any atom is 0.354 e. The molecule has 2 N–H and O–H groups in total. The summed E-state index contributed by atoms with van der Waals surface area (Å²) in [5.74, 6) is -1.26. The van der Waals surface area contributed by atoms with Crippen LogP contribution >= 0.6 is 0 Å². The van der Waals surface area contributed by atoms with Crippen LogP contribution in [0.25, 0.3) is 10.9 Å². The Morgan fingerprint density at radius 2 is 1.88 bits per heavy atom. The highest BCUT2D eigenvalue weighted by molar-refractivity contribution is 5.99. The van der Waals surface area contributed by atoms with Crippen LogP contribution in [0.3, 0.4) is 0 Å². The maximum atomic E-state index is 13.2. The minimum Gasteiger partial charge on any atom is -0.477 e. The van der Waals surface area contributed by atoms with E-state index in [9.17, 15) is 19.5 Å². The van der Waals surface area contributed by atoms with E-state index in [0.29, 0.717) is 25.3 Å². The zero-order valence-electron chi connectivity index (χ0n) is 18.9. The van der Waals surface area contributed by atoms with E-state index in [1.54, 1.807) is 4.90 Å². The van der Waals surface area contributed by atoms with Gasteiger partial charge in [-0.25, -0.2) is 4.79 Å². The summed E-state index contributed by atoms with van der Waals surface area (Å²) in [6, 6.07) is 8.98. The number of benzene rings is 1. The fourth-order valence-corrected chi connectivity index (χ4v) is 5.11. The molecule has 2 aliphatic heterocycles. The molecule has 2 unspecified atom stereocenters. The molecule has 3 aromatic rings. The average Bonchev–Trinajstić information content (AvgIpc) is 3.47. The molecule has 2 bridgehead atoms. The fraction of sp³-hybridized carbons (Fsp3) is 0.417. The van der Waals surface area contributed by atoms with Gasteiger partial charge in [0.15, 0.2) is 5.69 Å². The number of hydrogen-bond acceptors (Lipinski definition) is 4. The molecule has 2 saturated heterocycles. The Labute approximate surface area is 191 Å². The Balaban J connectivity index is 1.35. The Morgan fingerprint density at radius 3 is 2.58 bits per heavy atom. The minimum atomic E-state index is -1.11. The normalized spacial score (nSPS) is 20.1. The number of aromatic nitrogens is 3. The maximum absolute atomic E-state index is 13.2. The van der Waals surface area contributed by atoms with Gasteiger partial charge in [-0.15, -0.1) is 0 Å². The lowest BCUT2D eigenvalue weighted by atomic mass is 9.99. The van der Waals surface area contributed by atoms with Crippen molar-refractivity contribution in [2.24, 2.45) is 5.92 Å². The van der Waals surface area contributed by atoms with Crippen molar-refractivity contribution in [2.75, 3.05) is 19.6 Å². The molecule has 0 saturated carbocycles. The number of aryl methyl sites for hydroxylation is 1. The Hall–Kier alpha value is -3.62. The monoisotopic (exact) mass is 449 g/mol. The standard InChI is InChI=1S/C24H27N5O4/c1-13(2)29-21(24(32)33)9-20(26-29)23(31)28-11-15-7-17(28)12-27(10-15)22(30)19-8-16-6-14(3)4-5-18(16)25-19/h4-6,8-9,13,15,17,25H,7,10-12H2,1-3H3,(H,32,33). The number of carboxylic acids is 1. The number of aromatic amines is 1. The van der Waals surface area contributed by atoms with E-state index in [1.165, 1.54) is 10.7 Å². The quantitative estimate of drug-likeness (QED) is 0.636. The smallest absolute Gasteiger partial charge is 0.354 e. The Bertz CT molecular complexity index is 1270. The molecule has 33 heavy (non-hydrogen) atoms. The SMILES string of the molecule is Cc1ccc2[nH]c(C(=O)N3CC4CC(C3)N(C(=O)c3cc(C(=O)O)n(C(C)C)n3)C4)cc2c1. The van der Waals surface area contributed by atoms with Crippen molar-refractivity contribution < 1.29 is 19.5 Å². The van der Waals surface area contributed by atoms with Gasteiger partial charge in [0.25, 0.3) is 11.8 Å². The third-order valence-corrected chi connectivity index (χ3v) is 6.63. The molecule has 0 spiro atoms. The van der Waals surface area contributed by atoms with Crippen molar-refractivity contribution in [1.29, 1.82) is 0 Å². The molecule has 9 heteroatoms. The van der Waals surface area contributed by atoms with Crippen LogP contribution in [0.15, 0.2) is 30.3 Å². The van der Waals surface area contributed by atoms with Crippen LogP contribution in [0.1, 0.15) is 63.3 Å². The number of rotatable bonds is 4. The van der Waals surface area contributed by atoms with Gasteiger partial charge < -0.3 is 19.9 Å². The number of carbonyl (C=O) groups is 3. The van der Waals surface area contributed by atoms with E-state index in [2.05, 4.69) is 10.1 Å². The highest BCUT2D eigenvalue weighted by atomic mass is 16.4. The first-order valence-corrected chi connectivity index (χ1v) is 11.2. The van der Waals surface area contributed by atoms with Gasteiger partial charge in [-0.2, -0.15) is 5.10 Å².